The minimum Gasteiger partial charge on any atom is -0.358 e. The molecule has 0 amide bonds. The predicted molar refractivity (Wildman–Crippen MR) is 135 cm³/mol. The summed E-state index contributed by atoms with van der Waals surface area (Å²) < 4.78 is 42.7. The second-order valence-corrected chi connectivity index (χ2v) is 10.9. The summed E-state index contributed by atoms with van der Waals surface area (Å²) >= 11 is 0. The Bertz CT molecular complexity index is 418. The fourth-order valence-electron chi connectivity index (χ4n) is 2.80. The van der Waals surface area contributed by atoms with Gasteiger partial charge >= 0.3 is 33.3 Å². The van der Waals surface area contributed by atoms with Gasteiger partial charge in [0.05, 0.1) is 26.4 Å². The van der Waals surface area contributed by atoms with Crippen LogP contribution in [0.4, 0.5) is 0 Å². The van der Waals surface area contributed by atoms with Gasteiger partial charge in [0.1, 0.15) is 0 Å². The van der Waals surface area contributed by atoms with Crippen LogP contribution in [0.2, 0.25) is 0 Å². The van der Waals surface area contributed by atoms with Gasteiger partial charge in [-0.05, 0) is 24.7 Å². The van der Waals surface area contributed by atoms with E-state index in [-0.39, 0.29) is 37.0 Å². The molecule has 9 heteroatoms. The Morgan fingerprint density at radius 1 is 0.875 bits per heavy atom. The van der Waals surface area contributed by atoms with E-state index in [2.05, 4.69) is 27.7 Å². The molecule has 1 saturated heterocycles. The van der Waals surface area contributed by atoms with Crippen LogP contribution in [-0.2, 0) is 44.0 Å². The molecule has 2 atom stereocenters. The Morgan fingerprint density at radius 3 is 1.53 bits per heavy atom. The maximum absolute atomic E-state index is 11.8. The van der Waals surface area contributed by atoms with E-state index in [0.29, 0.717) is 38.3 Å². The van der Waals surface area contributed by atoms with E-state index >= 15 is 0 Å². The summed E-state index contributed by atoms with van der Waals surface area (Å²) in [4.78, 5) is 0. The van der Waals surface area contributed by atoms with E-state index < -0.39 is 16.5 Å². The van der Waals surface area contributed by atoms with Crippen LogP contribution in [0.5, 0.6) is 0 Å². The van der Waals surface area contributed by atoms with Gasteiger partial charge in [-0.25, -0.2) is 0 Å². The van der Waals surface area contributed by atoms with E-state index in [1.54, 1.807) is 0 Å². The van der Waals surface area contributed by atoms with Crippen LogP contribution in [0.15, 0.2) is 0 Å². The van der Waals surface area contributed by atoms with Gasteiger partial charge < -0.3 is 32.9 Å². The largest absolute Gasteiger partial charge is 2.00 e. The second-order valence-electron chi connectivity index (χ2n) is 8.70. The minimum atomic E-state index is -2.30. The fraction of sp³-hybridized carbons (Fsp3) is 0.913. The Balaban J connectivity index is -0.000000276. The van der Waals surface area contributed by atoms with Crippen LogP contribution in [0.25, 0.3) is 0 Å². The molecule has 1 rings (SSSR count). The van der Waals surface area contributed by atoms with E-state index in [4.69, 9.17) is 18.1 Å². The fourth-order valence-corrected chi connectivity index (χ4v) is 4.73. The smallest absolute Gasteiger partial charge is 0.358 e. The molecule has 1 heterocycles. The molecule has 0 aliphatic carbocycles. The van der Waals surface area contributed by atoms with E-state index in [1.807, 2.05) is 13.8 Å². The van der Waals surface area contributed by atoms with Crippen molar-refractivity contribution >= 4 is 16.5 Å². The van der Waals surface area contributed by atoms with Crippen molar-refractivity contribution < 1.29 is 44.0 Å². The quantitative estimate of drug-likeness (QED) is 0.162. The molecule has 0 aromatic heterocycles. The van der Waals surface area contributed by atoms with Crippen LogP contribution in [-0.4, -0.2) is 26.4 Å². The van der Waals surface area contributed by atoms with Crippen molar-refractivity contribution in [2.45, 2.75) is 92.9 Å². The van der Waals surface area contributed by atoms with E-state index in [1.165, 1.54) is 25.7 Å². The number of hydrogen-bond donors (Lipinski definition) is 0. The molecular weight excluding hydrogens is 493 g/mol. The summed E-state index contributed by atoms with van der Waals surface area (Å²) in [5.41, 5.74) is 0.0403. The molecular formula is C23H52CoO6P2. The molecule has 1 aliphatic rings. The van der Waals surface area contributed by atoms with E-state index in [9.17, 15) is 9.13 Å². The van der Waals surface area contributed by atoms with Crippen LogP contribution >= 0.6 is 16.5 Å². The normalized spacial score (nSPS) is 17.9. The van der Waals surface area contributed by atoms with Gasteiger partial charge in [0.2, 0.25) is 0 Å². The van der Waals surface area contributed by atoms with Gasteiger partial charge in [0.25, 0.3) is 0 Å². The molecule has 199 valence electrons. The third kappa shape index (κ3) is 22.6. The first-order valence-corrected chi connectivity index (χ1v) is 13.8. The average Bonchev–Trinajstić information content (AvgIpc) is 2.71. The van der Waals surface area contributed by atoms with Crippen molar-refractivity contribution in [1.29, 1.82) is 0 Å². The van der Waals surface area contributed by atoms with Crippen molar-refractivity contribution in [3.8, 4) is 0 Å². The van der Waals surface area contributed by atoms with Crippen LogP contribution < -0.4 is 0 Å². The molecule has 0 aromatic carbocycles. The molecule has 32 heavy (non-hydrogen) atoms. The van der Waals surface area contributed by atoms with Gasteiger partial charge in [0, 0.05) is 5.41 Å². The Hall–Kier alpha value is 0.806. The standard InChI is InChI=1S/C16H35O3P.C5H11O3P.2CH3.Co/c1-5-9-11-15(7-3)13-18-20(17)19-14-16(8-4)12-10-6-2;1-5(2)3-7-9(6)8-4-5;;;/h15-16,20H,5-14H2,1-4H3;9H,3-4H2,1-2H3;2*1H3;/q;;2*-1;+2. The Kier molecular flexibility index (Phi) is 31.1. The van der Waals surface area contributed by atoms with Crippen molar-refractivity contribution in [2.24, 2.45) is 17.3 Å². The number of hydrogen-bond acceptors (Lipinski definition) is 6. The number of unbranched alkanes of at least 4 members (excludes halogenated alkanes) is 2. The molecule has 1 radical (unpaired) electrons. The predicted octanol–water partition coefficient (Wildman–Crippen LogP) is 8.19. The molecule has 0 bridgehead atoms. The zero-order valence-corrected chi connectivity index (χ0v) is 25.0. The van der Waals surface area contributed by atoms with Gasteiger partial charge in [-0.1, -0.05) is 80.1 Å². The summed E-state index contributed by atoms with van der Waals surface area (Å²) in [5, 5.41) is 0. The van der Waals surface area contributed by atoms with E-state index in [0.717, 1.165) is 25.7 Å². The minimum absolute atomic E-state index is 0. The molecule has 0 aromatic rings. The second kappa shape index (κ2) is 24.9. The van der Waals surface area contributed by atoms with Crippen molar-refractivity contribution in [3.63, 3.8) is 0 Å². The van der Waals surface area contributed by atoms with Gasteiger partial charge in [0.15, 0.2) is 0 Å². The van der Waals surface area contributed by atoms with Crippen LogP contribution in [0, 0.1) is 32.1 Å². The Labute approximate surface area is 211 Å². The molecule has 1 aliphatic heterocycles. The first kappa shape index (κ1) is 40.0. The molecule has 0 saturated carbocycles. The zero-order chi connectivity index (χ0) is 22.1. The van der Waals surface area contributed by atoms with Crippen LogP contribution in [0.3, 0.4) is 0 Å². The third-order valence-electron chi connectivity index (χ3n) is 5.12. The van der Waals surface area contributed by atoms with Gasteiger partial charge in [-0.3, -0.25) is 9.13 Å². The average molecular weight is 546 g/mol. The van der Waals surface area contributed by atoms with Crippen LogP contribution in [0.1, 0.15) is 92.9 Å². The molecule has 2 unspecified atom stereocenters. The van der Waals surface area contributed by atoms with Gasteiger partial charge in [-0.2, -0.15) is 0 Å². The summed E-state index contributed by atoms with van der Waals surface area (Å²) in [6.07, 6.45) is 9.35. The zero-order valence-electron chi connectivity index (χ0n) is 21.9. The van der Waals surface area contributed by atoms with Crippen molar-refractivity contribution in [1.82, 2.24) is 0 Å². The summed E-state index contributed by atoms with van der Waals surface area (Å²) in [6, 6.07) is 0. The summed E-state index contributed by atoms with van der Waals surface area (Å²) in [7, 11) is -4.41. The maximum atomic E-state index is 11.8. The van der Waals surface area contributed by atoms with Gasteiger partial charge in [-0.15, -0.1) is 0 Å². The molecule has 0 N–H and O–H groups in total. The number of rotatable bonds is 14. The Morgan fingerprint density at radius 2 is 1.25 bits per heavy atom. The first-order valence-electron chi connectivity index (χ1n) is 11.4. The maximum Gasteiger partial charge on any atom is 2.00 e. The monoisotopic (exact) mass is 545 g/mol. The summed E-state index contributed by atoms with van der Waals surface area (Å²) in [5.74, 6) is 1.05. The van der Waals surface area contributed by atoms with Crippen molar-refractivity contribution in [2.75, 3.05) is 26.4 Å². The molecule has 0 spiro atoms. The molecule has 1 fully saturated rings. The molecule has 6 nitrogen and oxygen atoms in total. The third-order valence-corrected chi connectivity index (χ3v) is 6.69. The van der Waals surface area contributed by atoms with Crippen molar-refractivity contribution in [3.05, 3.63) is 14.9 Å². The summed E-state index contributed by atoms with van der Waals surface area (Å²) in [6.45, 7) is 15.0. The SMILES string of the molecule is CC1(C)CO[PH](=O)OC1.CCCCC(CC)CO[PH](=O)OCC(CC)CCCC.[CH3-].[CH3-].[Co+2]. The topological polar surface area (TPSA) is 71.1 Å². The first-order chi connectivity index (χ1) is 13.8.